The summed E-state index contributed by atoms with van der Waals surface area (Å²) in [7, 11) is 0. The van der Waals surface area contributed by atoms with E-state index in [1.165, 1.54) is 5.56 Å². The topological polar surface area (TPSA) is 38.3 Å². The maximum absolute atomic E-state index is 12.3. The smallest absolute Gasteiger partial charge is 0.329 e. The van der Waals surface area contributed by atoms with Gasteiger partial charge in [-0.2, -0.15) is 0 Å². The van der Waals surface area contributed by atoms with Crippen LogP contribution in [0.15, 0.2) is 24.3 Å². The minimum absolute atomic E-state index is 0.0918. The average Bonchev–Trinajstić information content (AvgIpc) is 2.85. The number of fused-ring (bicyclic) bond motifs is 1. The molecule has 108 valence electrons. The number of hydrogen-bond donors (Lipinski definition) is 1. The first kappa shape index (κ1) is 13.5. The van der Waals surface area contributed by atoms with Crippen LogP contribution in [0.3, 0.4) is 0 Å². The van der Waals surface area contributed by atoms with Gasteiger partial charge in [-0.3, -0.25) is 0 Å². The molecule has 0 radical (unpaired) electrons. The highest BCUT2D eigenvalue weighted by Gasteiger charge is 2.32. The number of carbonyl (C=O) groups excluding carboxylic acids is 1. The van der Waals surface area contributed by atoms with E-state index < -0.39 is 0 Å². The fraction of sp³-hybridized carbons (Fsp3) is 0.588. The van der Waals surface area contributed by atoms with Gasteiger partial charge in [-0.15, -0.1) is 0 Å². The summed E-state index contributed by atoms with van der Waals surface area (Å²) in [6.45, 7) is 4.58. The van der Waals surface area contributed by atoms with Crippen LogP contribution in [-0.4, -0.2) is 18.1 Å². The summed E-state index contributed by atoms with van der Waals surface area (Å²) in [5, 5.41) is 3.27. The van der Waals surface area contributed by atoms with Crippen LogP contribution in [0, 0.1) is 5.41 Å². The van der Waals surface area contributed by atoms with Crippen LogP contribution in [-0.2, 0) is 16.0 Å². The SMILES string of the molecule is CC1(C)CCC(OC(=O)C2Cc3ccccc3N2)CC1. The summed E-state index contributed by atoms with van der Waals surface area (Å²) in [4.78, 5) is 12.3. The number of benzene rings is 1. The van der Waals surface area contributed by atoms with Gasteiger partial charge in [0.1, 0.15) is 12.1 Å². The van der Waals surface area contributed by atoms with Crippen LogP contribution in [0.5, 0.6) is 0 Å². The predicted molar refractivity (Wildman–Crippen MR) is 79.7 cm³/mol. The molecule has 1 aliphatic carbocycles. The third-order valence-electron chi connectivity index (χ3n) is 4.62. The zero-order valence-electron chi connectivity index (χ0n) is 12.3. The maximum Gasteiger partial charge on any atom is 0.329 e. The van der Waals surface area contributed by atoms with Gasteiger partial charge in [0.25, 0.3) is 0 Å². The first-order valence-electron chi connectivity index (χ1n) is 7.58. The molecule has 0 bridgehead atoms. The highest BCUT2D eigenvalue weighted by Crippen LogP contribution is 2.36. The molecule has 2 aliphatic rings. The number of nitrogens with one attached hydrogen (secondary N) is 1. The highest BCUT2D eigenvalue weighted by atomic mass is 16.5. The quantitative estimate of drug-likeness (QED) is 0.838. The van der Waals surface area contributed by atoms with E-state index in [1.807, 2.05) is 18.2 Å². The van der Waals surface area contributed by atoms with Crippen LogP contribution in [0.4, 0.5) is 5.69 Å². The molecular weight excluding hydrogens is 250 g/mol. The first-order valence-corrected chi connectivity index (χ1v) is 7.58. The monoisotopic (exact) mass is 273 g/mol. The molecule has 1 unspecified atom stereocenters. The zero-order chi connectivity index (χ0) is 14.2. The number of rotatable bonds is 2. The van der Waals surface area contributed by atoms with Gasteiger partial charge in [0.15, 0.2) is 0 Å². The Labute approximate surface area is 120 Å². The Hall–Kier alpha value is -1.51. The number of ether oxygens (including phenoxy) is 1. The molecule has 1 aliphatic heterocycles. The molecule has 0 saturated heterocycles. The van der Waals surface area contributed by atoms with E-state index in [9.17, 15) is 4.79 Å². The molecule has 1 saturated carbocycles. The third-order valence-corrected chi connectivity index (χ3v) is 4.62. The molecule has 1 aromatic rings. The molecule has 0 amide bonds. The lowest BCUT2D eigenvalue weighted by Gasteiger charge is -2.34. The van der Waals surface area contributed by atoms with Crippen molar-refractivity contribution in [3.8, 4) is 0 Å². The summed E-state index contributed by atoms with van der Waals surface area (Å²) >= 11 is 0. The zero-order valence-corrected chi connectivity index (χ0v) is 12.3. The third kappa shape index (κ3) is 2.82. The Morgan fingerprint density at radius 3 is 2.65 bits per heavy atom. The van der Waals surface area contributed by atoms with Crippen molar-refractivity contribution in [3.05, 3.63) is 29.8 Å². The highest BCUT2D eigenvalue weighted by molar-refractivity contribution is 5.83. The number of esters is 1. The number of anilines is 1. The average molecular weight is 273 g/mol. The lowest BCUT2D eigenvalue weighted by Crippen LogP contribution is -2.35. The van der Waals surface area contributed by atoms with E-state index in [0.717, 1.165) is 37.8 Å². The van der Waals surface area contributed by atoms with Gasteiger partial charge >= 0.3 is 5.97 Å². The van der Waals surface area contributed by atoms with Gasteiger partial charge in [0.2, 0.25) is 0 Å². The van der Waals surface area contributed by atoms with Crippen LogP contribution in [0.25, 0.3) is 0 Å². The van der Waals surface area contributed by atoms with Gasteiger partial charge in [-0.25, -0.2) is 4.79 Å². The standard InChI is InChI=1S/C17H23NO2/c1-17(2)9-7-13(8-10-17)20-16(19)15-11-12-5-3-4-6-14(12)18-15/h3-6,13,15,18H,7-11H2,1-2H3. The van der Waals surface area contributed by atoms with E-state index in [1.54, 1.807) is 0 Å². The van der Waals surface area contributed by atoms with Crippen molar-refractivity contribution in [1.29, 1.82) is 0 Å². The van der Waals surface area contributed by atoms with E-state index in [0.29, 0.717) is 5.41 Å². The molecular formula is C17H23NO2. The Morgan fingerprint density at radius 2 is 1.95 bits per heavy atom. The fourth-order valence-electron chi connectivity index (χ4n) is 3.18. The lowest BCUT2D eigenvalue weighted by atomic mass is 9.76. The minimum Gasteiger partial charge on any atom is -0.461 e. The normalized spacial score (nSPS) is 24.8. The van der Waals surface area contributed by atoms with Crippen molar-refractivity contribution in [2.45, 2.75) is 58.1 Å². The Morgan fingerprint density at radius 1 is 1.25 bits per heavy atom. The molecule has 1 atom stereocenters. The predicted octanol–water partition coefficient (Wildman–Crippen LogP) is 3.54. The molecule has 0 aromatic heterocycles. The largest absolute Gasteiger partial charge is 0.461 e. The van der Waals surface area contributed by atoms with Crippen molar-refractivity contribution < 1.29 is 9.53 Å². The number of carbonyl (C=O) groups is 1. The summed E-state index contributed by atoms with van der Waals surface area (Å²) < 4.78 is 5.70. The lowest BCUT2D eigenvalue weighted by molar-refractivity contribution is -0.152. The fourth-order valence-corrected chi connectivity index (χ4v) is 3.18. The number of para-hydroxylation sites is 1. The molecule has 20 heavy (non-hydrogen) atoms. The molecule has 1 heterocycles. The van der Waals surface area contributed by atoms with Gasteiger partial charge in [0, 0.05) is 12.1 Å². The van der Waals surface area contributed by atoms with Crippen LogP contribution < -0.4 is 5.32 Å². The Bertz CT molecular complexity index is 474. The molecule has 1 N–H and O–H groups in total. The van der Waals surface area contributed by atoms with E-state index in [-0.39, 0.29) is 18.1 Å². The van der Waals surface area contributed by atoms with E-state index in [2.05, 4.69) is 25.2 Å². The van der Waals surface area contributed by atoms with Gasteiger partial charge in [0.05, 0.1) is 0 Å². The van der Waals surface area contributed by atoms with Gasteiger partial charge < -0.3 is 10.1 Å². The van der Waals surface area contributed by atoms with Crippen molar-refractivity contribution in [2.75, 3.05) is 5.32 Å². The molecule has 1 fully saturated rings. The summed E-state index contributed by atoms with van der Waals surface area (Å²) in [6, 6.07) is 7.88. The second-order valence-corrected chi connectivity index (χ2v) is 6.86. The summed E-state index contributed by atoms with van der Waals surface area (Å²) in [5.74, 6) is -0.0918. The molecule has 0 spiro atoms. The Kier molecular flexibility index (Phi) is 3.45. The maximum atomic E-state index is 12.3. The van der Waals surface area contributed by atoms with Crippen molar-refractivity contribution >= 4 is 11.7 Å². The molecule has 3 heteroatoms. The summed E-state index contributed by atoms with van der Waals surface area (Å²) in [6.07, 6.45) is 5.14. The summed E-state index contributed by atoms with van der Waals surface area (Å²) in [5.41, 5.74) is 2.68. The van der Waals surface area contributed by atoms with E-state index in [4.69, 9.17) is 4.74 Å². The van der Waals surface area contributed by atoms with Crippen LogP contribution in [0.1, 0.15) is 45.1 Å². The molecule has 3 nitrogen and oxygen atoms in total. The number of hydrogen-bond acceptors (Lipinski definition) is 3. The Balaban J connectivity index is 1.54. The second-order valence-electron chi connectivity index (χ2n) is 6.86. The van der Waals surface area contributed by atoms with Crippen molar-refractivity contribution in [2.24, 2.45) is 5.41 Å². The first-order chi connectivity index (χ1) is 9.53. The minimum atomic E-state index is -0.206. The van der Waals surface area contributed by atoms with Crippen molar-refractivity contribution in [3.63, 3.8) is 0 Å². The van der Waals surface area contributed by atoms with Crippen molar-refractivity contribution in [1.82, 2.24) is 0 Å². The van der Waals surface area contributed by atoms with Crippen LogP contribution >= 0.6 is 0 Å². The molecule has 1 aromatic carbocycles. The van der Waals surface area contributed by atoms with E-state index >= 15 is 0 Å². The van der Waals surface area contributed by atoms with Gasteiger partial charge in [-0.05, 0) is 42.7 Å². The van der Waals surface area contributed by atoms with Gasteiger partial charge in [-0.1, -0.05) is 32.0 Å². The molecule has 3 rings (SSSR count). The van der Waals surface area contributed by atoms with Crippen LogP contribution in [0.2, 0.25) is 0 Å². The second kappa shape index (κ2) is 5.12.